The van der Waals surface area contributed by atoms with Gasteiger partial charge in [0.2, 0.25) is 0 Å². The minimum absolute atomic E-state index is 0.237. The van der Waals surface area contributed by atoms with E-state index in [1.165, 1.54) is 9.75 Å². The molecule has 21 heavy (non-hydrogen) atoms. The molecule has 0 radical (unpaired) electrons. The Morgan fingerprint density at radius 2 is 1.76 bits per heavy atom. The van der Waals surface area contributed by atoms with Gasteiger partial charge in [-0.15, -0.1) is 11.3 Å². The molecule has 1 aromatic carbocycles. The molecule has 0 spiro atoms. The van der Waals surface area contributed by atoms with E-state index in [1.807, 2.05) is 23.5 Å². The monoisotopic (exact) mass is 303 g/mol. The fraction of sp³-hybridized carbons (Fsp3) is 0.444. The maximum atomic E-state index is 5.59. The number of nitrogens with one attached hydrogen (secondary N) is 1. The molecular formula is C18H25NOS. The Morgan fingerprint density at radius 3 is 2.33 bits per heavy atom. The summed E-state index contributed by atoms with van der Waals surface area (Å²) in [6, 6.07) is 12.6. The molecule has 2 nitrogen and oxygen atoms in total. The second-order valence-electron chi connectivity index (χ2n) is 6.24. The van der Waals surface area contributed by atoms with E-state index >= 15 is 0 Å². The minimum atomic E-state index is 0.237. The first-order chi connectivity index (χ1) is 9.99. The van der Waals surface area contributed by atoms with Gasteiger partial charge < -0.3 is 10.1 Å². The van der Waals surface area contributed by atoms with Crippen LogP contribution in [0.4, 0.5) is 5.69 Å². The Morgan fingerprint density at radius 1 is 1.05 bits per heavy atom. The van der Waals surface area contributed by atoms with Gasteiger partial charge >= 0.3 is 0 Å². The van der Waals surface area contributed by atoms with E-state index in [0.717, 1.165) is 31.0 Å². The van der Waals surface area contributed by atoms with E-state index in [2.05, 4.69) is 57.3 Å². The summed E-state index contributed by atoms with van der Waals surface area (Å²) in [7, 11) is 0. The van der Waals surface area contributed by atoms with Gasteiger partial charge in [-0.25, -0.2) is 0 Å². The first-order valence-corrected chi connectivity index (χ1v) is 8.36. The summed E-state index contributed by atoms with van der Waals surface area (Å²) in [6.07, 6.45) is 1.04. The van der Waals surface area contributed by atoms with E-state index in [1.54, 1.807) is 0 Å². The van der Waals surface area contributed by atoms with Crippen molar-refractivity contribution >= 4 is 17.0 Å². The summed E-state index contributed by atoms with van der Waals surface area (Å²) in [5.41, 5.74) is 1.37. The zero-order valence-electron chi connectivity index (χ0n) is 13.4. The molecule has 0 amide bonds. The number of anilines is 1. The fourth-order valence-electron chi connectivity index (χ4n) is 1.95. The topological polar surface area (TPSA) is 21.3 Å². The van der Waals surface area contributed by atoms with Crippen LogP contribution in [0.5, 0.6) is 5.75 Å². The predicted molar refractivity (Wildman–Crippen MR) is 92.6 cm³/mol. The molecule has 0 saturated carbocycles. The summed E-state index contributed by atoms with van der Waals surface area (Å²) < 4.78 is 5.59. The van der Waals surface area contributed by atoms with Crippen LogP contribution in [0.3, 0.4) is 0 Å². The van der Waals surface area contributed by atoms with Crippen molar-refractivity contribution in [1.29, 1.82) is 0 Å². The zero-order valence-corrected chi connectivity index (χ0v) is 14.2. The molecule has 1 N–H and O–H groups in total. The molecule has 0 unspecified atom stereocenters. The van der Waals surface area contributed by atoms with Crippen molar-refractivity contribution in [3.05, 3.63) is 46.2 Å². The number of rotatable bonds is 6. The van der Waals surface area contributed by atoms with Gasteiger partial charge in [-0.3, -0.25) is 0 Å². The lowest BCUT2D eigenvalue weighted by Gasteiger charge is -2.15. The molecule has 3 heteroatoms. The maximum absolute atomic E-state index is 5.59. The highest BCUT2D eigenvalue weighted by molar-refractivity contribution is 7.12. The Bertz CT molecular complexity index is 551. The molecule has 0 bridgehead atoms. The van der Waals surface area contributed by atoms with Crippen LogP contribution in [0.25, 0.3) is 0 Å². The van der Waals surface area contributed by atoms with E-state index < -0.39 is 0 Å². The van der Waals surface area contributed by atoms with E-state index in [4.69, 9.17) is 4.74 Å². The van der Waals surface area contributed by atoms with Crippen LogP contribution >= 0.6 is 11.3 Å². The third-order valence-electron chi connectivity index (χ3n) is 3.19. The Labute approximate surface area is 132 Å². The van der Waals surface area contributed by atoms with E-state index in [0.29, 0.717) is 0 Å². The summed E-state index contributed by atoms with van der Waals surface area (Å²) in [5, 5.41) is 3.46. The summed E-state index contributed by atoms with van der Waals surface area (Å²) in [6.45, 7) is 10.5. The van der Waals surface area contributed by atoms with E-state index in [-0.39, 0.29) is 5.41 Å². The highest BCUT2D eigenvalue weighted by Gasteiger charge is 2.15. The second-order valence-corrected chi connectivity index (χ2v) is 7.41. The molecule has 0 saturated heterocycles. The summed E-state index contributed by atoms with van der Waals surface area (Å²) in [4.78, 5) is 2.80. The zero-order chi connectivity index (χ0) is 15.3. The van der Waals surface area contributed by atoms with Crippen molar-refractivity contribution < 1.29 is 4.74 Å². The lowest BCUT2D eigenvalue weighted by Crippen LogP contribution is -2.07. The molecule has 114 valence electrons. The van der Waals surface area contributed by atoms with Gasteiger partial charge in [-0.2, -0.15) is 0 Å². The van der Waals surface area contributed by atoms with Crippen LogP contribution in [0.1, 0.15) is 43.9 Å². The smallest absolute Gasteiger partial charge is 0.119 e. The average molecular weight is 303 g/mol. The third-order valence-corrected chi connectivity index (χ3v) is 4.71. The van der Waals surface area contributed by atoms with Gasteiger partial charge in [0.25, 0.3) is 0 Å². The molecule has 0 aliphatic heterocycles. The molecule has 1 aromatic heterocycles. The van der Waals surface area contributed by atoms with Crippen LogP contribution in [0.15, 0.2) is 36.4 Å². The average Bonchev–Trinajstić information content (AvgIpc) is 2.93. The van der Waals surface area contributed by atoms with Crippen LogP contribution in [-0.4, -0.2) is 6.61 Å². The van der Waals surface area contributed by atoms with Gasteiger partial charge in [-0.05, 0) is 48.2 Å². The number of thiophene rings is 1. The standard InChI is InChI=1S/C18H25NOS/c1-5-12-20-15-8-6-14(7-9-15)19-13-16-10-11-17(21-16)18(2,3)4/h6-11,19H,5,12-13H2,1-4H3. The Hall–Kier alpha value is -1.48. The third kappa shape index (κ3) is 4.78. The van der Waals surface area contributed by atoms with Crippen molar-refractivity contribution in [1.82, 2.24) is 0 Å². The van der Waals surface area contributed by atoms with Crippen LogP contribution in [0.2, 0.25) is 0 Å². The van der Waals surface area contributed by atoms with Gasteiger partial charge in [0, 0.05) is 22.0 Å². The lowest BCUT2D eigenvalue weighted by molar-refractivity contribution is 0.317. The Kier molecular flexibility index (Phi) is 5.29. The molecule has 0 atom stereocenters. The molecule has 0 fully saturated rings. The number of hydrogen-bond acceptors (Lipinski definition) is 3. The molecule has 2 aromatic rings. The SMILES string of the molecule is CCCOc1ccc(NCc2ccc(C(C)(C)C)s2)cc1. The number of hydrogen-bond donors (Lipinski definition) is 1. The fourth-order valence-corrected chi connectivity index (χ4v) is 2.96. The van der Waals surface area contributed by atoms with Crippen molar-refractivity contribution in [3.8, 4) is 5.75 Å². The Balaban J connectivity index is 1.89. The summed E-state index contributed by atoms with van der Waals surface area (Å²) >= 11 is 1.89. The predicted octanol–water partition coefficient (Wildman–Crippen LogP) is 5.45. The molecule has 2 rings (SSSR count). The highest BCUT2D eigenvalue weighted by atomic mass is 32.1. The molecule has 0 aliphatic carbocycles. The van der Waals surface area contributed by atoms with Crippen LogP contribution in [0, 0.1) is 0 Å². The quantitative estimate of drug-likeness (QED) is 0.766. The van der Waals surface area contributed by atoms with Crippen molar-refractivity contribution in [2.75, 3.05) is 11.9 Å². The largest absolute Gasteiger partial charge is 0.494 e. The molecule has 1 heterocycles. The summed E-state index contributed by atoms with van der Waals surface area (Å²) in [5.74, 6) is 0.938. The van der Waals surface area contributed by atoms with Gasteiger partial charge in [0.05, 0.1) is 6.61 Å². The normalized spacial score (nSPS) is 11.4. The van der Waals surface area contributed by atoms with Crippen LogP contribution < -0.4 is 10.1 Å². The van der Waals surface area contributed by atoms with Gasteiger partial charge in [0.1, 0.15) is 5.75 Å². The highest BCUT2D eigenvalue weighted by Crippen LogP contribution is 2.29. The number of ether oxygens (including phenoxy) is 1. The van der Waals surface area contributed by atoms with Gasteiger partial charge in [-0.1, -0.05) is 27.7 Å². The molecular weight excluding hydrogens is 278 g/mol. The van der Waals surface area contributed by atoms with Crippen molar-refractivity contribution in [3.63, 3.8) is 0 Å². The second kappa shape index (κ2) is 6.99. The number of benzene rings is 1. The van der Waals surface area contributed by atoms with Crippen LogP contribution in [-0.2, 0) is 12.0 Å². The first-order valence-electron chi connectivity index (χ1n) is 7.55. The minimum Gasteiger partial charge on any atom is -0.494 e. The molecule has 0 aliphatic rings. The van der Waals surface area contributed by atoms with Crippen molar-refractivity contribution in [2.24, 2.45) is 0 Å². The first kappa shape index (κ1) is 15.9. The van der Waals surface area contributed by atoms with Gasteiger partial charge in [0.15, 0.2) is 0 Å². The van der Waals surface area contributed by atoms with E-state index in [9.17, 15) is 0 Å². The maximum Gasteiger partial charge on any atom is 0.119 e. The van der Waals surface area contributed by atoms with Crippen molar-refractivity contribution in [2.45, 2.75) is 46.1 Å². The lowest BCUT2D eigenvalue weighted by atomic mass is 9.95.